The van der Waals surface area contributed by atoms with Crippen LogP contribution in [0.1, 0.15) is 0 Å². The third kappa shape index (κ3) is 7.34. The molecule has 69 heavy (non-hydrogen) atoms. The Balaban J connectivity index is 0.847. The minimum Gasteiger partial charge on any atom is -0.456 e. The Bertz CT molecular complexity index is 3940. The van der Waals surface area contributed by atoms with Crippen molar-refractivity contribution >= 4 is 60.8 Å². The molecule has 13 rings (SSSR count). The van der Waals surface area contributed by atoms with Crippen molar-refractivity contribution in [1.29, 1.82) is 0 Å². The van der Waals surface area contributed by atoms with E-state index in [-0.39, 0.29) is 0 Å². The van der Waals surface area contributed by atoms with E-state index in [9.17, 15) is 0 Å². The van der Waals surface area contributed by atoms with Crippen LogP contribution in [-0.4, -0.2) is 4.57 Å². The van der Waals surface area contributed by atoms with Gasteiger partial charge < -0.3 is 13.9 Å². The first kappa shape index (κ1) is 40.1. The molecule has 3 nitrogen and oxygen atoms in total. The van der Waals surface area contributed by atoms with Crippen molar-refractivity contribution < 1.29 is 4.42 Å². The fraction of sp³-hybridized carbons (Fsp3) is 0. The number of hydrogen-bond acceptors (Lipinski definition) is 2. The largest absolute Gasteiger partial charge is 0.456 e. The van der Waals surface area contributed by atoms with Crippen LogP contribution in [0.2, 0.25) is 0 Å². The molecule has 0 saturated carbocycles. The molecular weight excluding hydrogens is 837 g/mol. The summed E-state index contributed by atoms with van der Waals surface area (Å²) in [4.78, 5) is 2.35. The summed E-state index contributed by atoms with van der Waals surface area (Å²) < 4.78 is 8.64. The Morgan fingerprint density at radius 1 is 0.246 bits per heavy atom. The zero-order valence-electron chi connectivity index (χ0n) is 37.7. The predicted molar refractivity (Wildman–Crippen MR) is 290 cm³/mol. The molecule has 0 aliphatic carbocycles. The van der Waals surface area contributed by atoms with Crippen molar-refractivity contribution in [2.24, 2.45) is 0 Å². The molecule has 13 aromatic rings. The van der Waals surface area contributed by atoms with E-state index >= 15 is 0 Å². The van der Waals surface area contributed by atoms with Gasteiger partial charge >= 0.3 is 0 Å². The molecule has 0 N–H and O–H groups in total. The van der Waals surface area contributed by atoms with Crippen LogP contribution in [0, 0.1) is 0 Å². The van der Waals surface area contributed by atoms with E-state index in [1.54, 1.807) is 0 Å². The third-order valence-electron chi connectivity index (χ3n) is 13.6. The highest BCUT2D eigenvalue weighted by molar-refractivity contribution is 6.09. The summed E-state index contributed by atoms with van der Waals surface area (Å²) >= 11 is 0. The van der Waals surface area contributed by atoms with Crippen LogP contribution in [0.25, 0.3) is 105 Å². The summed E-state index contributed by atoms with van der Waals surface area (Å²) in [6.45, 7) is 0. The van der Waals surface area contributed by atoms with Gasteiger partial charge in [0.05, 0.1) is 11.0 Å². The van der Waals surface area contributed by atoms with Crippen molar-refractivity contribution in [3.8, 4) is 61.3 Å². The fourth-order valence-corrected chi connectivity index (χ4v) is 10.2. The van der Waals surface area contributed by atoms with Crippen LogP contribution in [-0.2, 0) is 0 Å². The van der Waals surface area contributed by atoms with Crippen LogP contribution in [0.15, 0.2) is 271 Å². The molecule has 0 bridgehead atoms. The summed E-state index contributed by atoms with van der Waals surface area (Å²) in [5.74, 6) is 0. The van der Waals surface area contributed by atoms with Gasteiger partial charge in [0.2, 0.25) is 0 Å². The van der Waals surface area contributed by atoms with Gasteiger partial charge in [-0.25, -0.2) is 0 Å². The van der Waals surface area contributed by atoms with Gasteiger partial charge in [-0.05, 0) is 147 Å². The number of fused-ring (bicyclic) bond motifs is 6. The van der Waals surface area contributed by atoms with E-state index in [1.165, 1.54) is 49.6 Å². The van der Waals surface area contributed by atoms with Gasteiger partial charge in [-0.1, -0.05) is 176 Å². The van der Waals surface area contributed by atoms with Crippen LogP contribution in [0.4, 0.5) is 17.1 Å². The smallest absolute Gasteiger partial charge is 0.136 e. The zero-order chi connectivity index (χ0) is 45.7. The molecule has 3 heteroatoms. The van der Waals surface area contributed by atoms with E-state index in [4.69, 9.17) is 4.42 Å². The van der Waals surface area contributed by atoms with Gasteiger partial charge in [0, 0.05) is 44.3 Å². The molecule has 0 unspecified atom stereocenters. The van der Waals surface area contributed by atoms with E-state index in [0.29, 0.717) is 0 Å². The molecule has 0 spiro atoms. The first-order chi connectivity index (χ1) is 34.2. The van der Waals surface area contributed by atoms with Crippen molar-refractivity contribution in [3.05, 3.63) is 267 Å². The molecule has 0 saturated heterocycles. The Kier molecular flexibility index (Phi) is 9.84. The van der Waals surface area contributed by atoms with Crippen LogP contribution in [0.3, 0.4) is 0 Å². The molecule has 0 fully saturated rings. The first-order valence-corrected chi connectivity index (χ1v) is 23.6. The normalized spacial score (nSPS) is 11.5. The quantitative estimate of drug-likeness (QED) is 0.144. The van der Waals surface area contributed by atoms with Crippen LogP contribution < -0.4 is 4.90 Å². The second-order valence-electron chi connectivity index (χ2n) is 17.7. The molecule has 0 aliphatic rings. The number of benzene rings is 11. The van der Waals surface area contributed by atoms with Crippen molar-refractivity contribution in [2.45, 2.75) is 0 Å². The zero-order valence-corrected chi connectivity index (χ0v) is 37.7. The Labute approximate surface area is 401 Å². The number of furan rings is 1. The molecule has 11 aromatic carbocycles. The van der Waals surface area contributed by atoms with Gasteiger partial charge in [-0.15, -0.1) is 0 Å². The Morgan fingerprint density at radius 2 is 0.623 bits per heavy atom. The average molecular weight is 881 g/mol. The van der Waals surface area contributed by atoms with E-state index < -0.39 is 0 Å². The first-order valence-electron chi connectivity index (χ1n) is 23.6. The third-order valence-corrected chi connectivity index (χ3v) is 13.6. The second kappa shape index (κ2) is 16.9. The molecule has 0 radical (unpaired) electrons. The maximum atomic E-state index is 6.26. The lowest BCUT2D eigenvalue weighted by molar-refractivity contribution is 0.669. The maximum absolute atomic E-state index is 6.26. The summed E-state index contributed by atoms with van der Waals surface area (Å²) in [5.41, 5.74) is 20.3. The van der Waals surface area contributed by atoms with Gasteiger partial charge in [-0.2, -0.15) is 0 Å². The highest BCUT2D eigenvalue weighted by Crippen LogP contribution is 2.40. The maximum Gasteiger partial charge on any atom is 0.136 e. The van der Waals surface area contributed by atoms with E-state index in [0.717, 1.165) is 72.5 Å². The van der Waals surface area contributed by atoms with Gasteiger partial charge in [0.15, 0.2) is 0 Å². The molecule has 2 aromatic heterocycles. The van der Waals surface area contributed by atoms with Gasteiger partial charge in [0.1, 0.15) is 11.2 Å². The van der Waals surface area contributed by atoms with Crippen molar-refractivity contribution in [1.82, 2.24) is 4.57 Å². The Hall–Kier alpha value is -9.18. The number of para-hydroxylation sites is 3. The highest BCUT2D eigenvalue weighted by Gasteiger charge is 2.17. The number of anilines is 3. The minimum atomic E-state index is 0.901. The lowest BCUT2D eigenvalue weighted by atomic mass is 9.98. The molecule has 0 amide bonds. The molecule has 2 heterocycles. The van der Waals surface area contributed by atoms with Gasteiger partial charge in [0.25, 0.3) is 0 Å². The number of nitrogens with zero attached hydrogens (tertiary/aromatic N) is 2. The van der Waals surface area contributed by atoms with Crippen LogP contribution in [0.5, 0.6) is 0 Å². The molecule has 0 atom stereocenters. The topological polar surface area (TPSA) is 21.3 Å². The summed E-state index contributed by atoms with van der Waals surface area (Å²) in [5, 5.41) is 4.80. The fourth-order valence-electron chi connectivity index (χ4n) is 10.2. The number of aromatic nitrogens is 1. The summed E-state index contributed by atoms with van der Waals surface area (Å²) in [6, 6.07) is 96.1. The van der Waals surface area contributed by atoms with Gasteiger partial charge in [-0.3, -0.25) is 0 Å². The second-order valence-corrected chi connectivity index (χ2v) is 17.7. The van der Waals surface area contributed by atoms with E-state index in [2.05, 4.69) is 264 Å². The number of rotatable bonds is 9. The monoisotopic (exact) mass is 880 g/mol. The summed E-state index contributed by atoms with van der Waals surface area (Å²) in [7, 11) is 0. The average Bonchev–Trinajstić information content (AvgIpc) is 3.97. The molecule has 324 valence electrons. The standard InChI is InChI=1S/C66H44N2O/c1-2-13-45(14-3-1)49-15-10-16-50(41-49)46-27-34-55(35-28-46)67(56-36-29-47(30-37-56)51-17-11-18-52(42-51)54-33-40-62-61-23-6-9-26-65(61)69-66(62)44-54)57-38-31-48(32-39-57)53-19-12-20-58(43-53)68-63-24-7-4-21-59(63)60-22-5-8-25-64(60)68/h1-44H. The SMILES string of the molecule is c1ccc(-c2cccc(-c3ccc(N(c4ccc(-c5cccc(-c6ccc7c(c6)oc6ccccc67)c5)cc4)c4ccc(-c5cccc(-n6c7ccccc7c7ccccc76)c5)cc4)cc3)c2)cc1. The Morgan fingerprint density at radius 3 is 1.17 bits per heavy atom. The minimum absolute atomic E-state index is 0.901. The van der Waals surface area contributed by atoms with Crippen molar-refractivity contribution in [2.75, 3.05) is 4.90 Å². The number of hydrogen-bond donors (Lipinski definition) is 0. The van der Waals surface area contributed by atoms with E-state index in [1.807, 2.05) is 12.1 Å². The lowest BCUT2D eigenvalue weighted by Gasteiger charge is -2.26. The highest BCUT2D eigenvalue weighted by atomic mass is 16.3. The molecular formula is C66H44N2O. The van der Waals surface area contributed by atoms with Crippen LogP contribution >= 0.6 is 0 Å². The predicted octanol–water partition coefficient (Wildman–Crippen LogP) is 18.5. The van der Waals surface area contributed by atoms with Crippen molar-refractivity contribution in [3.63, 3.8) is 0 Å². The lowest BCUT2D eigenvalue weighted by Crippen LogP contribution is -2.09. The summed E-state index contributed by atoms with van der Waals surface area (Å²) in [6.07, 6.45) is 0. The molecule has 0 aliphatic heterocycles.